The van der Waals surface area contributed by atoms with Crippen molar-refractivity contribution in [1.82, 2.24) is 4.90 Å². The fourth-order valence-corrected chi connectivity index (χ4v) is 2.75. The molecule has 1 aromatic carbocycles. The summed E-state index contributed by atoms with van der Waals surface area (Å²) in [5, 5.41) is 0. The number of hydrogen-bond donors (Lipinski definition) is 0. The van der Waals surface area contributed by atoms with Gasteiger partial charge in [-0.2, -0.15) is 0 Å². The second kappa shape index (κ2) is 6.43. The zero-order chi connectivity index (χ0) is 14.6. The van der Waals surface area contributed by atoms with Crippen molar-refractivity contribution in [2.24, 2.45) is 0 Å². The number of hydrogen-bond acceptors (Lipinski definition) is 1. The van der Waals surface area contributed by atoms with Gasteiger partial charge in [0.2, 0.25) is 0 Å². The van der Waals surface area contributed by atoms with Gasteiger partial charge < -0.3 is 4.90 Å². The third kappa shape index (κ3) is 3.84. The zero-order valence-corrected chi connectivity index (χ0v) is 13.1. The van der Waals surface area contributed by atoms with E-state index in [9.17, 15) is 4.79 Å². The number of nitrogens with zero attached hydrogens (tertiary/aromatic N) is 1. The maximum atomic E-state index is 12.6. The Morgan fingerprint density at radius 2 is 1.40 bits per heavy atom. The van der Waals surface area contributed by atoms with E-state index < -0.39 is 0 Å². The molecule has 0 N–H and O–H groups in total. The Balaban J connectivity index is 2.08. The molecule has 1 aromatic rings. The standard InChI is InChI=1S/C18H27NO/c1-18(2,3)16-11-9-15(10-12-16)17(20)19-13-7-5-4-6-8-14-19/h9-12H,4-8,13-14H2,1-3H3. The number of likely N-dealkylation sites (tertiary alicyclic amines) is 1. The average Bonchev–Trinajstić information content (AvgIpc) is 2.37. The summed E-state index contributed by atoms with van der Waals surface area (Å²) in [5.74, 6) is 0.201. The Bertz CT molecular complexity index is 433. The van der Waals surface area contributed by atoms with E-state index in [1.165, 1.54) is 24.8 Å². The van der Waals surface area contributed by atoms with Crippen LogP contribution in [-0.4, -0.2) is 23.9 Å². The predicted molar refractivity (Wildman–Crippen MR) is 84.1 cm³/mol. The number of benzene rings is 1. The van der Waals surface area contributed by atoms with Crippen LogP contribution >= 0.6 is 0 Å². The maximum Gasteiger partial charge on any atom is 0.253 e. The second-order valence-electron chi connectivity index (χ2n) is 6.89. The molecule has 0 unspecified atom stereocenters. The van der Waals surface area contributed by atoms with E-state index in [0.29, 0.717) is 0 Å². The summed E-state index contributed by atoms with van der Waals surface area (Å²) in [5.41, 5.74) is 2.25. The summed E-state index contributed by atoms with van der Waals surface area (Å²) in [4.78, 5) is 14.6. The van der Waals surface area contributed by atoms with Crippen LogP contribution in [0.25, 0.3) is 0 Å². The van der Waals surface area contributed by atoms with Crippen molar-refractivity contribution in [3.63, 3.8) is 0 Å². The highest BCUT2D eigenvalue weighted by molar-refractivity contribution is 5.94. The van der Waals surface area contributed by atoms with E-state index in [4.69, 9.17) is 0 Å². The van der Waals surface area contributed by atoms with Crippen molar-refractivity contribution in [3.05, 3.63) is 35.4 Å². The normalized spacial score (nSPS) is 17.4. The first-order valence-corrected chi connectivity index (χ1v) is 7.88. The van der Waals surface area contributed by atoms with Crippen LogP contribution in [-0.2, 0) is 5.41 Å². The van der Waals surface area contributed by atoms with Gasteiger partial charge in [0, 0.05) is 18.7 Å². The molecule has 0 atom stereocenters. The number of carbonyl (C=O) groups excluding carboxylic acids is 1. The van der Waals surface area contributed by atoms with Crippen LogP contribution in [0.1, 0.15) is 68.8 Å². The van der Waals surface area contributed by atoms with Crippen LogP contribution < -0.4 is 0 Å². The highest BCUT2D eigenvalue weighted by Crippen LogP contribution is 2.23. The molecule has 1 aliphatic heterocycles. The van der Waals surface area contributed by atoms with Crippen LogP contribution in [0.2, 0.25) is 0 Å². The van der Waals surface area contributed by atoms with Crippen LogP contribution in [0.3, 0.4) is 0 Å². The molecule has 0 saturated carbocycles. The molecule has 0 bridgehead atoms. The van der Waals surface area contributed by atoms with Crippen molar-refractivity contribution in [3.8, 4) is 0 Å². The Hall–Kier alpha value is -1.31. The molecular weight excluding hydrogens is 246 g/mol. The predicted octanol–water partition coefficient (Wildman–Crippen LogP) is 4.39. The Morgan fingerprint density at radius 3 is 1.90 bits per heavy atom. The second-order valence-corrected chi connectivity index (χ2v) is 6.89. The summed E-state index contributed by atoms with van der Waals surface area (Å²) in [6.45, 7) is 8.42. The summed E-state index contributed by atoms with van der Waals surface area (Å²) in [6, 6.07) is 8.16. The van der Waals surface area contributed by atoms with Gasteiger partial charge in [0.25, 0.3) is 5.91 Å². The van der Waals surface area contributed by atoms with Gasteiger partial charge in [-0.05, 0) is 36.0 Å². The molecular formula is C18H27NO. The van der Waals surface area contributed by atoms with E-state index in [-0.39, 0.29) is 11.3 Å². The monoisotopic (exact) mass is 273 g/mol. The number of carbonyl (C=O) groups is 1. The minimum atomic E-state index is 0.141. The molecule has 110 valence electrons. The van der Waals surface area contributed by atoms with Gasteiger partial charge in [0.1, 0.15) is 0 Å². The maximum absolute atomic E-state index is 12.6. The number of amides is 1. The fourth-order valence-electron chi connectivity index (χ4n) is 2.75. The quantitative estimate of drug-likeness (QED) is 0.743. The van der Waals surface area contributed by atoms with Gasteiger partial charge in [-0.1, -0.05) is 52.2 Å². The third-order valence-corrected chi connectivity index (χ3v) is 4.14. The van der Waals surface area contributed by atoms with Crippen LogP contribution in [0, 0.1) is 0 Å². The Labute approximate surface area is 123 Å². The van der Waals surface area contributed by atoms with Crippen LogP contribution in [0.5, 0.6) is 0 Å². The first kappa shape index (κ1) is 15.1. The first-order valence-electron chi connectivity index (χ1n) is 7.88. The van der Waals surface area contributed by atoms with Gasteiger partial charge in [0.05, 0.1) is 0 Å². The summed E-state index contributed by atoms with van der Waals surface area (Å²) < 4.78 is 0. The fraction of sp³-hybridized carbons (Fsp3) is 0.611. The van der Waals surface area contributed by atoms with Crippen LogP contribution in [0.15, 0.2) is 24.3 Å². The molecule has 0 radical (unpaired) electrons. The number of rotatable bonds is 1. The molecule has 1 fully saturated rings. The highest BCUT2D eigenvalue weighted by atomic mass is 16.2. The van der Waals surface area contributed by atoms with Gasteiger partial charge >= 0.3 is 0 Å². The molecule has 20 heavy (non-hydrogen) atoms. The molecule has 0 spiro atoms. The molecule has 0 aliphatic carbocycles. The van der Waals surface area contributed by atoms with Gasteiger partial charge in [-0.25, -0.2) is 0 Å². The Kier molecular flexibility index (Phi) is 4.85. The Morgan fingerprint density at radius 1 is 0.900 bits per heavy atom. The first-order chi connectivity index (χ1) is 9.48. The van der Waals surface area contributed by atoms with E-state index in [1.54, 1.807) is 0 Å². The van der Waals surface area contributed by atoms with Crippen LogP contribution in [0.4, 0.5) is 0 Å². The highest BCUT2D eigenvalue weighted by Gasteiger charge is 2.18. The smallest absolute Gasteiger partial charge is 0.253 e. The van der Waals surface area contributed by atoms with Gasteiger partial charge in [-0.3, -0.25) is 4.79 Å². The van der Waals surface area contributed by atoms with Crippen molar-refractivity contribution in [2.45, 2.75) is 58.3 Å². The van der Waals surface area contributed by atoms with Gasteiger partial charge in [-0.15, -0.1) is 0 Å². The van der Waals surface area contributed by atoms with E-state index in [0.717, 1.165) is 31.5 Å². The van der Waals surface area contributed by atoms with Crippen molar-refractivity contribution in [1.29, 1.82) is 0 Å². The van der Waals surface area contributed by atoms with Crippen molar-refractivity contribution >= 4 is 5.91 Å². The minimum absolute atomic E-state index is 0.141. The molecule has 2 rings (SSSR count). The molecule has 1 aliphatic rings. The minimum Gasteiger partial charge on any atom is -0.339 e. The van der Waals surface area contributed by atoms with Gasteiger partial charge in [0.15, 0.2) is 0 Å². The summed E-state index contributed by atoms with van der Waals surface area (Å²) in [6.07, 6.45) is 6.12. The summed E-state index contributed by atoms with van der Waals surface area (Å²) in [7, 11) is 0. The van der Waals surface area contributed by atoms with E-state index in [2.05, 4.69) is 32.9 Å². The lowest BCUT2D eigenvalue weighted by Crippen LogP contribution is -2.33. The molecule has 1 saturated heterocycles. The lowest BCUT2D eigenvalue weighted by Gasteiger charge is -2.25. The van der Waals surface area contributed by atoms with Crippen molar-refractivity contribution < 1.29 is 4.79 Å². The molecule has 1 heterocycles. The average molecular weight is 273 g/mol. The third-order valence-electron chi connectivity index (χ3n) is 4.14. The summed E-state index contributed by atoms with van der Waals surface area (Å²) >= 11 is 0. The van der Waals surface area contributed by atoms with Crippen molar-refractivity contribution in [2.75, 3.05) is 13.1 Å². The largest absolute Gasteiger partial charge is 0.339 e. The topological polar surface area (TPSA) is 20.3 Å². The van der Waals surface area contributed by atoms with E-state index >= 15 is 0 Å². The SMILES string of the molecule is CC(C)(C)c1ccc(C(=O)N2CCCCCCC2)cc1. The van der Waals surface area contributed by atoms with E-state index in [1.807, 2.05) is 17.0 Å². The molecule has 2 nitrogen and oxygen atoms in total. The molecule has 0 aromatic heterocycles. The molecule has 1 amide bonds. The lowest BCUT2D eigenvalue weighted by atomic mass is 9.86. The lowest BCUT2D eigenvalue weighted by molar-refractivity contribution is 0.0742. The zero-order valence-electron chi connectivity index (χ0n) is 13.1. The molecule has 2 heteroatoms.